The summed E-state index contributed by atoms with van der Waals surface area (Å²) < 4.78 is 4.50. The highest BCUT2D eigenvalue weighted by Crippen LogP contribution is 2.35. The smallest absolute Gasteiger partial charge is 0.346 e. The van der Waals surface area contributed by atoms with Gasteiger partial charge in [-0.25, -0.2) is 4.79 Å². The molecule has 1 atom stereocenters. The van der Waals surface area contributed by atoms with Crippen molar-refractivity contribution in [1.82, 2.24) is 0 Å². The van der Waals surface area contributed by atoms with E-state index in [1.165, 1.54) is 0 Å². The minimum Gasteiger partial charge on any atom is -0.508 e. The van der Waals surface area contributed by atoms with Crippen molar-refractivity contribution in [2.24, 2.45) is 5.92 Å². The predicted molar refractivity (Wildman–Crippen MR) is 73.0 cm³/mol. The number of carbonyl (C=O) groups is 2. The van der Waals surface area contributed by atoms with Gasteiger partial charge in [0.2, 0.25) is 0 Å². The van der Waals surface area contributed by atoms with E-state index in [1.54, 1.807) is 0 Å². The first-order valence-corrected chi connectivity index (χ1v) is 6.24. The highest BCUT2D eigenvalue weighted by atomic mass is 16.6. The molecule has 1 unspecified atom stereocenters. The average Bonchev–Trinajstić information content (AvgIpc) is 2.49. The van der Waals surface area contributed by atoms with Gasteiger partial charge in [-0.1, -0.05) is 0 Å². The molecular weight excluding hydrogens is 312 g/mol. The van der Waals surface area contributed by atoms with Crippen LogP contribution in [0.1, 0.15) is 16.8 Å². The topological polar surface area (TPSA) is 165 Å². The molecule has 0 saturated heterocycles. The monoisotopic (exact) mass is 324 g/mol. The largest absolute Gasteiger partial charge is 0.508 e. The summed E-state index contributed by atoms with van der Waals surface area (Å²) in [4.78, 5) is 23.6. The van der Waals surface area contributed by atoms with Crippen LogP contribution >= 0.6 is 0 Å². The summed E-state index contributed by atoms with van der Waals surface area (Å²) in [5.74, 6) is -8.13. The maximum absolute atomic E-state index is 11.8. The number of esters is 2. The molecule has 0 fully saturated rings. The maximum atomic E-state index is 11.8. The third-order valence-electron chi connectivity index (χ3n) is 3.09. The van der Waals surface area contributed by atoms with Crippen LogP contribution in [-0.4, -0.2) is 42.6 Å². The van der Waals surface area contributed by atoms with Gasteiger partial charge in [0.15, 0.2) is 28.8 Å². The Labute approximate surface area is 128 Å². The number of hydrogen-bond acceptors (Lipinski definition) is 9. The van der Waals surface area contributed by atoms with Crippen LogP contribution in [-0.2, 0) is 9.53 Å². The van der Waals surface area contributed by atoms with Gasteiger partial charge in [0.1, 0.15) is 5.76 Å². The summed E-state index contributed by atoms with van der Waals surface area (Å²) in [5.41, 5.74) is -0.405. The molecule has 9 nitrogen and oxygen atoms in total. The van der Waals surface area contributed by atoms with E-state index in [2.05, 4.69) is 4.74 Å². The quantitative estimate of drug-likeness (QED) is 0.267. The van der Waals surface area contributed by atoms with Gasteiger partial charge in [0.25, 0.3) is 0 Å². The lowest BCUT2D eigenvalue weighted by molar-refractivity contribution is -0.141. The van der Waals surface area contributed by atoms with Crippen LogP contribution in [0.3, 0.4) is 0 Å². The molecule has 23 heavy (non-hydrogen) atoms. The zero-order valence-corrected chi connectivity index (χ0v) is 11.4. The summed E-state index contributed by atoms with van der Waals surface area (Å²) in [6.45, 7) is 0. The second-order valence-corrected chi connectivity index (χ2v) is 4.73. The third-order valence-corrected chi connectivity index (χ3v) is 3.09. The van der Waals surface area contributed by atoms with Gasteiger partial charge in [0.05, 0.1) is 11.5 Å². The molecule has 9 heteroatoms. The Balaban J connectivity index is 2.14. The number of rotatable bonds is 2. The Morgan fingerprint density at radius 2 is 1.57 bits per heavy atom. The second-order valence-electron chi connectivity index (χ2n) is 4.73. The highest BCUT2D eigenvalue weighted by molar-refractivity contribution is 5.98. The van der Waals surface area contributed by atoms with Crippen molar-refractivity contribution in [2.45, 2.75) is 6.42 Å². The van der Waals surface area contributed by atoms with Gasteiger partial charge in [-0.3, -0.25) is 4.79 Å². The number of aliphatic hydroxyl groups excluding tert-OH is 3. The molecule has 1 aliphatic carbocycles. The van der Waals surface area contributed by atoms with Crippen LogP contribution in [0.5, 0.6) is 17.2 Å². The molecule has 0 aliphatic heterocycles. The van der Waals surface area contributed by atoms with Gasteiger partial charge < -0.3 is 35.4 Å². The number of benzene rings is 1. The zero-order valence-electron chi connectivity index (χ0n) is 11.4. The Morgan fingerprint density at radius 1 is 1.00 bits per heavy atom. The van der Waals surface area contributed by atoms with Crippen LogP contribution in [0, 0.1) is 5.92 Å². The first-order valence-electron chi connectivity index (χ1n) is 6.24. The van der Waals surface area contributed by atoms with Crippen LogP contribution in [0.4, 0.5) is 0 Å². The Morgan fingerprint density at radius 3 is 2.09 bits per heavy atom. The van der Waals surface area contributed by atoms with Crippen molar-refractivity contribution in [3.8, 4) is 17.2 Å². The van der Waals surface area contributed by atoms with Crippen LogP contribution in [0.25, 0.3) is 0 Å². The second kappa shape index (κ2) is 5.79. The fourth-order valence-corrected chi connectivity index (χ4v) is 1.88. The average molecular weight is 324 g/mol. The number of aliphatic hydroxyl groups is 3. The lowest BCUT2D eigenvalue weighted by Crippen LogP contribution is -2.23. The molecule has 2 rings (SSSR count). The van der Waals surface area contributed by atoms with E-state index < -0.39 is 57.9 Å². The molecule has 122 valence electrons. The van der Waals surface area contributed by atoms with Gasteiger partial charge >= 0.3 is 11.9 Å². The SMILES string of the molecule is O=C(OC(=O)C1C=C(O)C(O)=C(O)C1)c1cc(O)c(O)c(O)c1. The number of allylic oxidation sites excluding steroid dienone is 1. The Kier molecular flexibility index (Phi) is 4.04. The van der Waals surface area contributed by atoms with Crippen LogP contribution in [0.2, 0.25) is 0 Å². The summed E-state index contributed by atoms with van der Waals surface area (Å²) in [6, 6.07) is 1.56. The molecule has 0 saturated carbocycles. The molecule has 1 aliphatic rings. The van der Waals surface area contributed by atoms with E-state index >= 15 is 0 Å². The van der Waals surface area contributed by atoms with E-state index in [1.807, 2.05) is 0 Å². The minimum absolute atomic E-state index is 0.381. The highest BCUT2D eigenvalue weighted by Gasteiger charge is 2.29. The van der Waals surface area contributed by atoms with E-state index in [0.29, 0.717) is 0 Å². The Bertz CT molecular complexity index is 722. The molecule has 0 bridgehead atoms. The van der Waals surface area contributed by atoms with E-state index in [0.717, 1.165) is 18.2 Å². The zero-order chi connectivity index (χ0) is 17.3. The number of phenols is 3. The fraction of sp³-hybridized carbons (Fsp3) is 0.143. The standard InChI is InChI=1S/C14H12O9/c15-7-1-5(2-8(16)11(7)19)13(21)23-14(22)6-3-9(17)12(20)10(18)4-6/h1-3,6,15-20H,4H2. The molecule has 1 aromatic carbocycles. The van der Waals surface area contributed by atoms with Crippen molar-refractivity contribution in [3.63, 3.8) is 0 Å². The molecule has 0 heterocycles. The summed E-state index contributed by atoms with van der Waals surface area (Å²) in [5, 5.41) is 55.7. The molecule has 0 radical (unpaired) electrons. The molecule has 0 spiro atoms. The van der Waals surface area contributed by atoms with Crippen LogP contribution in [0.15, 0.2) is 35.5 Å². The lowest BCUT2D eigenvalue weighted by Gasteiger charge is -2.17. The van der Waals surface area contributed by atoms with Crippen molar-refractivity contribution in [2.75, 3.05) is 0 Å². The van der Waals surface area contributed by atoms with Gasteiger partial charge in [-0.05, 0) is 18.2 Å². The van der Waals surface area contributed by atoms with Crippen molar-refractivity contribution in [3.05, 3.63) is 41.0 Å². The van der Waals surface area contributed by atoms with Crippen molar-refractivity contribution >= 4 is 11.9 Å². The fourth-order valence-electron chi connectivity index (χ4n) is 1.88. The lowest BCUT2D eigenvalue weighted by atomic mass is 9.97. The maximum Gasteiger partial charge on any atom is 0.346 e. The van der Waals surface area contributed by atoms with Gasteiger partial charge in [-0.15, -0.1) is 0 Å². The van der Waals surface area contributed by atoms with Crippen LogP contribution < -0.4 is 0 Å². The summed E-state index contributed by atoms with van der Waals surface area (Å²) in [7, 11) is 0. The third kappa shape index (κ3) is 3.12. The number of aromatic hydroxyl groups is 3. The summed E-state index contributed by atoms with van der Waals surface area (Å²) in [6.07, 6.45) is 0.518. The number of phenolic OH excluding ortho intramolecular Hbond substituents is 3. The van der Waals surface area contributed by atoms with E-state index in [9.17, 15) is 40.2 Å². The Hall–Kier alpha value is -3.36. The summed E-state index contributed by atoms with van der Waals surface area (Å²) >= 11 is 0. The first kappa shape index (κ1) is 16.0. The van der Waals surface area contributed by atoms with Crippen molar-refractivity contribution in [1.29, 1.82) is 0 Å². The molecule has 1 aromatic rings. The first-order chi connectivity index (χ1) is 10.7. The molecule has 0 aromatic heterocycles. The van der Waals surface area contributed by atoms with Crippen molar-refractivity contribution < 1.29 is 45.0 Å². The van der Waals surface area contributed by atoms with Gasteiger partial charge in [-0.2, -0.15) is 0 Å². The number of ether oxygens (including phenoxy) is 1. The van der Waals surface area contributed by atoms with E-state index in [4.69, 9.17) is 0 Å². The number of hydrogen-bond donors (Lipinski definition) is 6. The molecular formula is C14H12O9. The number of carbonyl (C=O) groups excluding carboxylic acids is 2. The molecule has 0 amide bonds. The molecule has 6 N–H and O–H groups in total. The predicted octanol–water partition coefficient (Wildman–Crippen LogP) is 1.28. The van der Waals surface area contributed by atoms with E-state index in [-0.39, 0.29) is 6.42 Å². The van der Waals surface area contributed by atoms with Gasteiger partial charge in [0, 0.05) is 6.42 Å². The normalized spacial score (nSPS) is 17.6. The minimum atomic E-state index is -1.23.